The van der Waals surface area contributed by atoms with Crippen LogP contribution in [0, 0.1) is 5.92 Å². The molecule has 0 unspecified atom stereocenters. The first-order valence-electron chi connectivity index (χ1n) is 4.91. The van der Waals surface area contributed by atoms with Crippen molar-refractivity contribution in [3.8, 4) is 0 Å². The highest BCUT2D eigenvalue weighted by molar-refractivity contribution is 4.78. The molecule has 0 aliphatic carbocycles. The third kappa shape index (κ3) is 3.11. The largest absolute Gasteiger partial charge is 0.380 e. The van der Waals surface area contributed by atoms with Gasteiger partial charge in [-0.3, -0.25) is 0 Å². The molecule has 0 spiro atoms. The van der Waals surface area contributed by atoms with Crippen LogP contribution < -0.4 is 5.32 Å². The molecule has 0 bridgehead atoms. The fourth-order valence-electron chi connectivity index (χ4n) is 1.66. The van der Waals surface area contributed by atoms with Crippen LogP contribution in [-0.2, 0) is 4.74 Å². The number of rotatable bonds is 6. The number of nitrogens with one attached hydrogen (secondary N) is 1. The lowest BCUT2D eigenvalue weighted by Gasteiger charge is -2.29. The lowest BCUT2D eigenvalue weighted by molar-refractivity contribution is 0.0495. The smallest absolute Gasteiger partial charge is 0.0724 e. The van der Waals surface area contributed by atoms with E-state index >= 15 is 0 Å². The minimum absolute atomic E-state index is 0.352. The maximum atomic E-state index is 5.41. The van der Waals surface area contributed by atoms with Gasteiger partial charge in [-0.1, -0.05) is 27.2 Å². The lowest BCUT2D eigenvalue weighted by Crippen LogP contribution is -2.43. The zero-order chi connectivity index (χ0) is 9.56. The molecule has 0 amide bonds. The number of hydrogen-bond acceptors (Lipinski definition) is 2. The molecule has 0 saturated heterocycles. The molecular weight excluding hydrogens is 150 g/mol. The second-order valence-corrected chi connectivity index (χ2v) is 3.38. The van der Waals surface area contributed by atoms with E-state index in [2.05, 4.69) is 26.1 Å². The summed E-state index contributed by atoms with van der Waals surface area (Å²) >= 11 is 0. The highest BCUT2D eigenvalue weighted by Crippen LogP contribution is 2.15. The van der Waals surface area contributed by atoms with Gasteiger partial charge < -0.3 is 10.1 Å². The van der Waals surface area contributed by atoms with Crippen LogP contribution in [0.3, 0.4) is 0 Å². The number of hydrogen-bond donors (Lipinski definition) is 1. The predicted octanol–water partition coefficient (Wildman–Crippen LogP) is 2.05. The topological polar surface area (TPSA) is 21.3 Å². The van der Waals surface area contributed by atoms with Crippen LogP contribution in [0.5, 0.6) is 0 Å². The summed E-state index contributed by atoms with van der Waals surface area (Å²) in [7, 11) is 3.80. The van der Waals surface area contributed by atoms with Gasteiger partial charge in [0.2, 0.25) is 0 Å². The van der Waals surface area contributed by atoms with Gasteiger partial charge in [-0.2, -0.15) is 0 Å². The molecule has 12 heavy (non-hydrogen) atoms. The molecule has 0 aromatic heterocycles. The third-order valence-corrected chi connectivity index (χ3v) is 2.70. The second-order valence-electron chi connectivity index (χ2n) is 3.38. The Morgan fingerprint density at radius 2 is 1.83 bits per heavy atom. The van der Waals surface area contributed by atoms with E-state index in [0.29, 0.717) is 18.1 Å². The standard InChI is InChI=1S/C10H23NO/c1-6-8(3)10(11-4)9(7-2)12-5/h8-11H,6-7H2,1-5H3/t8-,9+,10-/m0/s1. The van der Waals surface area contributed by atoms with Crippen molar-refractivity contribution in [3.63, 3.8) is 0 Å². The first kappa shape index (κ1) is 11.9. The molecule has 0 aromatic rings. The number of likely N-dealkylation sites (N-methyl/N-ethyl adjacent to an activating group) is 1. The summed E-state index contributed by atoms with van der Waals surface area (Å²) in [4.78, 5) is 0. The van der Waals surface area contributed by atoms with E-state index < -0.39 is 0 Å². The molecule has 3 atom stereocenters. The minimum Gasteiger partial charge on any atom is -0.380 e. The summed E-state index contributed by atoms with van der Waals surface area (Å²) in [5, 5.41) is 3.33. The van der Waals surface area contributed by atoms with E-state index in [0.717, 1.165) is 6.42 Å². The summed E-state index contributed by atoms with van der Waals surface area (Å²) in [6, 6.07) is 0.491. The fraction of sp³-hybridized carbons (Fsp3) is 1.00. The van der Waals surface area contributed by atoms with E-state index in [9.17, 15) is 0 Å². The molecule has 0 fully saturated rings. The normalized spacial score (nSPS) is 18.8. The predicted molar refractivity (Wildman–Crippen MR) is 53.4 cm³/mol. The molecule has 74 valence electrons. The summed E-state index contributed by atoms with van der Waals surface area (Å²) in [5.74, 6) is 0.680. The van der Waals surface area contributed by atoms with E-state index in [1.807, 2.05) is 7.05 Å². The van der Waals surface area contributed by atoms with Crippen LogP contribution in [0.1, 0.15) is 33.6 Å². The monoisotopic (exact) mass is 173 g/mol. The average molecular weight is 173 g/mol. The molecule has 0 aromatic carbocycles. The summed E-state index contributed by atoms with van der Waals surface area (Å²) in [6.45, 7) is 6.65. The highest BCUT2D eigenvalue weighted by atomic mass is 16.5. The summed E-state index contributed by atoms with van der Waals surface area (Å²) in [6.07, 6.45) is 2.63. The second kappa shape index (κ2) is 6.44. The average Bonchev–Trinajstić information content (AvgIpc) is 2.12. The van der Waals surface area contributed by atoms with Crippen molar-refractivity contribution in [2.75, 3.05) is 14.2 Å². The van der Waals surface area contributed by atoms with Crippen LogP contribution >= 0.6 is 0 Å². The molecule has 0 aliphatic rings. The maximum Gasteiger partial charge on any atom is 0.0724 e. The Kier molecular flexibility index (Phi) is 6.39. The first-order valence-corrected chi connectivity index (χ1v) is 4.91. The van der Waals surface area contributed by atoms with Gasteiger partial charge in [-0.25, -0.2) is 0 Å². The molecule has 0 heterocycles. The summed E-state index contributed by atoms with van der Waals surface area (Å²) < 4.78 is 5.41. The zero-order valence-corrected chi connectivity index (χ0v) is 9.05. The Hall–Kier alpha value is -0.0800. The van der Waals surface area contributed by atoms with Crippen LogP contribution in [0.25, 0.3) is 0 Å². The molecule has 0 aliphatic heterocycles. The Balaban J connectivity index is 4.09. The molecular formula is C10H23NO. The maximum absolute atomic E-state index is 5.41. The SMILES string of the molecule is CC[C@H](C)[C@H](NC)[C@@H](CC)OC. The van der Waals surface area contributed by atoms with Crippen molar-refractivity contribution in [2.45, 2.75) is 45.8 Å². The highest BCUT2D eigenvalue weighted by Gasteiger charge is 2.22. The van der Waals surface area contributed by atoms with Gasteiger partial charge in [-0.15, -0.1) is 0 Å². The lowest BCUT2D eigenvalue weighted by atomic mass is 9.93. The van der Waals surface area contributed by atoms with Gasteiger partial charge in [0.15, 0.2) is 0 Å². The quantitative estimate of drug-likeness (QED) is 0.663. The minimum atomic E-state index is 0.352. The molecule has 2 heteroatoms. The van der Waals surface area contributed by atoms with Crippen LogP contribution in [0.15, 0.2) is 0 Å². The van der Waals surface area contributed by atoms with Crippen molar-refractivity contribution in [2.24, 2.45) is 5.92 Å². The van der Waals surface area contributed by atoms with Gasteiger partial charge >= 0.3 is 0 Å². The van der Waals surface area contributed by atoms with Crippen LogP contribution in [0.2, 0.25) is 0 Å². The molecule has 0 rings (SSSR count). The summed E-state index contributed by atoms with van der Waals surface area (Å²) in [5.41, 5.74) is 0. The third-order valence-electron chi connectivity index (χ3n) is 2.70. The van der Waals surface area contributed by atoms with E-state index in [1.165, 1.54) is 6.42 Å². The Morgan fingerprint density at radius 3 is 2.08 bits per heavy atom. The van der Waals surface area contributed by atoms with Crippen molar-refractivity contribution in [3.05, 3.63) is 0 Å². The Labute approximate surface area is 76.7 Å². The fourth-order valence-corrected chi connectivity index (χ4v) is 1.66. The Morgan fingerprint density at radius 1 is 1.25 bits per heavy atom. The number of methoxy groups -OCH3 is 1. The van der Waals surface area contributed by atoms with Gasteiger partial charge in [0, 0.05) is 13.2 Å². The van der Waals surface area contributed by atoms with Gasteiger partial charge in [-0.05, 0) is 19.4 Å². The van der Waals surface area contributed by atoms with Crippen molar-refractivity contribution < 1.29 is 4.74 Å². The molecule has 2 nitrogen and oxygen atoms in total. The Bertz CT molecular complexity index is 102. The van der Waals surface area contributed by atoms with Gasteiger partial charge in [0.25, 0.3) is 0 Å². The number of ether oxygens (including phenoxy) is 1. The van der Waals surface area contributed by atoms with E-state index in [-0.39, 0.29) is 0 Å². The van der Waals surface area contributed by atoms with Crippen LogP contribution in [-0.4, -0.2) is 26.3 Å². The van der Waals surface area contributed by atoms with Gasteiger partial charge in [0.1, 0.15) is 0 Å². The van der Waals surface area contributed by atoms with E-state index in [4.69, 9.17) is 4.74 Å². The van der Waals surface area contributed by atoms with E-state index in [1.54, 1.807) is 7.11 Å². The molecule has 1 N–H and O–H groups in total. The zero-order valence-electron chi connectivity index (χ0n) is 9.05. The van der Waals surface area contributed by atoms with Crippen molar-refractivity contribution >= 4 is 0 Å². The first-order chi connectivity index (χ1) is 5.71. The van der Waals surface area contributed by atoms with Crippen molar-refractivity contribution in [1.82, 2.24) is 5.32 Å². The van der Waals surface area contributed by atoms with Gasteiger partial charge in [0.05, 0.1) is 6.10 Å². The van der Waals surface area contributed by atoms with Crippen molar-refractivity contribution in [1.29, 1.82) is 0 Å². The van der Waals surface area contributed by atoms with Crippen LogP contribution in [0.4, 0.5) is 0 Å². The molecule has 0 radical (unpaired) electrons. The molecule has 0 saturated carbocycles.